The molecular formula is C44H26N4O2. The number of rotatable bonds is 5. The molecule has 0 radical (unpaired) electrons. The summed E-state index contributed by atoms with van der Waals surface area (Å²) in [6.07, 6.45) is 0. The van der Waals surface area contributed by atoms with Crippen LogP contribution in [0.15, 0.2) is 167 Å². The highest BCUT2D eigenvalue weighted by Crippen LogP contribution is 2.41. The number of aromatic nitrogens is 4. The van der Waals surface area contributed by atoms with Crippen LogP contribution in [0.1, 0.15) is 0 Å². The molecule has 0 saturated heterocycles. The van der Waals surface area contributed by atoms with Crippen LogP contribution in [-0.2, 0) is 0 Å². The van der Waals surface area contributed by atoms with Crippen molar-refractivity contribution in [1.82, 2.24) is 19.9 Å². The first kappa shape index (κ1) is 28.1. The summed E-state index contributed by atoms with van der Waals surface area (Å²) < 4.78 is 12.9. The Labute approximate surface area is 286 Å². The van der Waals surface area contributed by atoms with Crippen LogP contribution in [-0.4, -0.2) is 19.9 Å². The third-order valence-electron chi connectivity index (χ3n) is 9.17. The number of oxazole rings is 1. The van der Waals surface area contributed by atoms with E-state index >= 15 is 0 Å². The molecule has 0 N–H and O–H groups in total. The summed E-state index contributed by atoms with van der Waals surface area (Å²) in [6.45, 7) is 0. The molecule has 0 aliphatic heterocycles. The fourth-order valence-corrected chi connectivity index (χ4v) is 6.70. The highest BCUT2D eigenvalue weighted by atomic mass is 16.3. The van der Waals surface area contributed by atoms with E-state index in [-0.39, 0.29) is 0 Å². The van der Waals surface area contributed by atoms with Crippen molar-refractivity contribution >= 4 is 43.8 Å². The van der Waals surface area contributed by atoms with Gasteiger partial charge in [0, 0.05) is 38.4 Å². The lowest BCUT2D eigenvalue weighted by Gasteiger charge is -2.09. The zero-order chi connectivity index (χ0) is 33.0. The molecule has 0 unspecified atom stereocenters. The maximum absolute atomic E-state index is 6.49. The van der Waals surface area contributed by atoms with Crippen LogP contribution in [0.5, 0.6) is 0 Å². The Morgan fingerprint density at radius 1 is 0.360 bits per heavy atom. The maximum Gasteiger partial charge on any atom is 0.227 e. The zero-order valence-corrected chi connectivity index (χ0v) is 26.6. The summed E-state index contributed by atoms with van der Waals surface area (Å²) in [5.41, 5.74) is 8.97. The molecular weight excluding hydrogens is 617 g/mol. The van der Waals surface area contributed by atoms with Crippen LogP contribution in [0.25, 0.3) is 101 Å². The van der Waals surface area contributed by atoms with Gasteiger partial charge in [-0.2, -0.15) is 0 Å². The predicted molar refractivity (Wildman–Crippen MR) is 199 cm³/mol. The van der Waals surface area contributed by atoms with Crippen molar-refractivity contribution in [2.75, 3.05) is 0 Å². The predicted octanol–water partition coefficient (Wildman–Crippen LogP) is 11.4. The van der Waals surface area contributed by atoms with Gasteiger partial charge in [-0.15, -0.1) is 0 Å². The molecule has 0 aliphatic rings. The SMILES string of the molecule is c1ccc(-c2ccc(-c3nc(-c4ccccc4)nc(-c4ccc5oc6ccc7ccc8nc(-c9ccccc9)oc8c7c6c5c4)n3)cc2)cc1. The van der Waals surface area contributed by atoms with Gasteiger partial charge in [0.15, 0.2) is 23.1 Å². The minimum atomic E-state index is 0.577. The van der Waals surface area contributed by atoms with Crippen molar-refractivity contribution in [3.63, 3.8) is 0 Å². The lowest BCUT2D eigenvalue weighted by molar-refractivity contribution is 0.623. The second-order valence-electron chi connectivity index (χ2n) is 12.3. The zero-order valence-electron chi connectivity index (χ0n) is 26.6. The number of hydrogen-bond donors (Lipinski definition) is 0. The van der Waals surface area contributed by atoms with E-state index in [1.54, 1.807) is 0 Å². The molecule has 10 rings (SSSR count). The van der Waals surface area contributed by atoms with Gasteiger partial charge in [0.1, 0.15) is 16.7 Å². The molecule has 50 heavy (non-hydrogen) atoms. The van der Waals surface area contributed by atoms with Gasteiger partial charge in [0.05, 0.1) is 0 Å². The Balaban J connectivity index is 1.16. The molecule has 7 aromatic carbocycles. The van der Waals surface area contributed by atoms with Crippen LogP contribution < -0.4 is 0 Å². The van der Waals surface area contributed by atoms with Crippen molar-refractivity contribution in [2.24, 2.45) is 0 Å². The van der Waals surface area contributed by atoms with E-state index in [1.165, 1.54) is 0 Å². The molecule has 3 heterocycles. The lowest BCUT2D eigenvalue weighted by Crippen LogP contribution is -2.00. The number of hydrogen-bond acceptors (Lipinski definition) is 6. The first-order valence-corrected chi connectivity index (χ1v) is 16.5. The van der Waals surface area contributed by atoms with Crippen LogP contribution in [0.4, 0.5) is 0 Å². The second-order valence-corrected chi connectivity index (χ2v) is 12.3. The minimum Gasteiger partial charge on any atom is -0.456 e. The average molecular weight is 643 g/mol. The monoisotopic (exact) mass is 642 g/mol. The largest absolute Gasteiger partial charge is 0.456 e. The molecule has 6 nitrogen and oxygen atoms in total. The first-order chi connectivity index (χ1) is 24.7. The molecule has 234 valence electrons. The van der Waals surface area contributed by atoms with Gasteiger partial charge in [-0.3, -0.25) is 0 Å². The van der Waals surface area contributed by atoms with Gasteiger partial charge in [0.2, 0.25) is 5.89 Å². The van der Waals surface area contributed by atoms with Gasteiger partial charge in [0.25, 0.3) is 0 Å². The van der Waals surface area contributed by atoms with Gasteiger partial charge in [-0.25, -0.2) is 19.9 Å². The van der Waals surface area contributed by atoms with Crippen LogP contribution in [0.3, 0.4) is 0 Å². The third-order valence-corrected chi connectivity index (χ3v) is 9.17. The molecule has 0 spiro atoms. The molecule has 0 aliphatic carbocycles. The third kappa shape index (κ3) is 4.73. The van der Waals surface area contributed by atoms with Crippen LogP contribution >= 0.6 is 0 Å². The van der Waals surface area contributed by atoms with E-state index in [0.717, 1.165) is 77.2 Å². The molecule has 0 fully saturated rings. The molecule has 3 aromatic heterocycles. The van der Waals surface area contributed by atoms with Crippen molar-refractivity contribution in [1.29, 1.82) is 0 Å². The summed E-state index contributed by atoms with van der Waals surface area (Å²) in [5, 5.41) is 3.92. The normalized spacial score (nSPS) is 11.6. The number of benzene rings is 7. The van der Waals surface area contributed by atoms with E-state index in [2.05, 4.69) is 54.6 Å². The van der Waals surface area contributed by atoms with Crippen LogP contribution in [0.2, 0.25) is 0 Å². The van der Waals surface area contributed by atoms with E-state index in [9.17, 15) is 0 Å². The van der Waals surface area contributed by atoms with Gasteiger partial charge < -0.3 is 8.83 Å². The standard InChI is InChI=1S/C44H26N4O2/c1-4-10-27(11-5-1)28-16-18-31(19-17-28)42-46-41(30-12-6-2-7-13-30)47-43(48-42)33-22-24-36-34(26-33)39-37(49-36)25-21-29-20-23-35-40(38(29)39)50-44(45-35)32-14-8-3-9-15-32/h1-26H. The van der Waals surface area contributed by atoms with Gasteiger partial charge in [-0.1, -0.05) is 115 Å². The number of nitrogens with zero attached hydrogens (tertiary/aromatic N) is 4. The number of fused-ring (bicyclic) bond motifs is 7. The van der Waals surface area contributed by atoms with Crippen molar-refractivity contribution < 1.29 is 8.83 Å². The van der Waals surface area contributed by atoms with Crippen molar-refractivity contribution in [2.45, 2.75) is 0 Å². The molecule has 0 saturated carbocycles. The fraction of sp³-hybridized carbons (Fsp3) is 0. The van der Waals surface area contributed by atoms with Crippen LogP contribution in [0, 0.1) is 0 Å². The summed E-state index contributed by atoms with van der Waals surface area (Å²) >= 11 is 0. The van der Waals surface area contributed by atoms with E-state index < -0.39 is 0 Å². The quantitative estimate of drug-likeness (QED) is 0.186. The van der Waals surface area contributed by atoms with E-state index in [0.29, 0.717) is 23.4 Å². The highest BCUT2D eigenvalue weighted by Gasteiger charge is 2.19. The Morgan fingerprint density at radius 2 is 0.880 bits per heavy atom. The topological polar surface area (TPSA) is 77.8 Å². The smallest absolute Gasteiger partial charge is 0.227 e. The Kier molecular flexibility index (Phi) is 6.39. The molecule has 0 atom stereocenters. The maximum atomic E-state index is 6.49. The summed E-state index contributed by atoms with van der Waals surface area (Å²) in [7, 11) is 0. The van der Waals surface area contributed by atoms with Gasteiger partial charge >= 0.3 is 0 Å². The van der Waals surface area contributed by atoms with Crippen molar-refractivity contribution in [3.8, 4) is 56.7 Å². The Morgan fingerprint density at radius 3 is 1.58 bits per heavy atom. The summed E-state index contributed by atoms with van der Waals surface area (Å²) in [6, 6.07) is 53.0. The molecule has 0 amide bonds. The molecule has 6 heteroatoms. The molecule has 10 aromatic rings. The summed E-state index contributed by atoms with van der Waals surface area (Å²) in [5.74, 6) is 2.38. The van der Waals surface area contributed by atoms with E-state index in [1.807, 2.05) is 103 Å². The Hall–Kier alpha value is -6.92. The lowest BCUT2D eigenvalue weighted by atomic mass is 10.0. The van der Waals surface area contributed by atoms with Gasteiger partial charge in [-0.05, 0) is 59.0 Å². The number of furan rings is 1. The second kappa shape index (κ2) is 11.4. The minimum absolute atomic E-state index is 0.577. The average Bonchev–Trinajstić information content (AvgIpc) is 3.81. The summed E-state index contributed by atoms with van der Waals surface area (Å²) in [4.78, 5) is 19.8. The Bertz CT molecular complexity index is 2840. The fourth-order valence-electron chi connectivity index (χ4n) is 6.70. The van der Waals surface area contributed by atoms with Crippen molar-refractivity contribution in [3.05, 3.63) is 158 Å². The van der Waals surface area contributed by atoms with E-state index in [4.69, 9.17) is 28.8 Å². The highest BCUT2D eigenvalue weighted by molar-refractivity contribution is 6.25. The molecule has 0 bridgehead atoms. The first-order valence-electron chi connectivity index (χ1n) is 16.5.